The summed E-state index contributed by atoms with van der Waals surface area (Å²) in [4.78, 5) is 25.7. The van der Waals surface area contributed by atoms with E-state index in [1.165, 1.54) is 0 Å². The molecule has 0 N–H and O–H groups in total. The van der Waals surface area contributed by atoms with Crippen LogP contribution in [0.2, 0.25) is 0 Å². The van der Waals surface area contributed by atoms with Crippen LogP contribution in [0.3, 0.4) is 0 Å². The number of nitriles is 1. The molecular weight excluding hydrogens is 338 g/mol. The number of ketones is 1. The van der Waals surface area contributed by atoms with Gasteiger partial charge in [-0.3, -0.25) is 9.59 Å². The van der Waals surface area contributed by atoms with Crippen LogP contribution < -0.4 is 0 Å². The van der Waals surface area contributed by atoms with E-state index < -0.39 is 23.2 Å². The van der Waals surface area contributed by atoms with Crippen LogP contribution in [0.25, 0.3) is 0 Å². The lowest BCUT2D eigenvalue weighted by molar-refractivity contribution is -0.155. The topological polar surface area (TPSA) is 67.2 Å². The largest absolute Gasteiger partial charge is 0.451 e. The highest BCUT2D eigenvalue weighted by molar-refractivity contribution is 5.90. The fourth-order valence-corrected chi connectivity index (χ4v) is 3.95. The SMILES string of the molecule is C#CCOC(=O)C1(C#N)[C@@H](c2ccccc2)CC(=O)C[C@H]1c1ccccc1. The summed E-state index contributed by atoms with van der Waals surface area (Å²) in [5, 5.41) is 10.2. The van der Waals surface area contributed by atoms with Crippen molar-refractivity contribution in [3.8, 4) is 18.4 Å². The molecule has 4 nitrogen and oxygen atoms in total. The maximum absolute atomic E-state index is 13.1. The molecule has 0 heterocycles. The van der Waals surface area contributed by atoms with Gasteiger partial charge < -0.3 is 4.74 Å². The van der Waals surface area contributed by atoms with Crippen molar-refractivity contribution in [1.29, 1.82) is 5.26 Å². The predicted molar refractivity (Wildman–Crippen MR) is 100 cm³/mol. The Morgan fingerprint density at radius 2 is 1.52 bits per heavy atom. The molecule has 0 aliphatic heterocycles. The van der Waals surface area contributed by atoms with Crippen LogP contribution in [0.4, 0.5) is 0 Å². The molecule has 134 valence electrons. The molecular formula is C23H19NO3. The van der Waals surface area contributed by atoms with E-state index in [9.17, 15) is 14.9 Å². The number of esters is 1. The van der Waals surface area contributed by atoms with Crippen molar-refractivity contribution in [3.63, 3.8) is 0 Å². The van der Waals surface area contributed by atoms with E-state index in [1.54, 1.807) is 0 Å². The van der Waals surface area contributed by atoms with Gasteiger partial charge in [0.25, 0.3) is 0 Å². The summed E-state index contributed by atoms with van der Waals surface area (Å²) >= 11 is 0. The van der Waals surface area contributed by atoms with Gasteiger partial charge in [0.1, 0.15) is 5.78 Å². The average Bonchev–Trinajstić information content (AvgIpc) is 2.72. The van der Waals surface area contributed by atoms with E-state index in [0.29, 0.717) is 0 Å². The molecule has 4 heteroatoms. The average molecular weight is 357 g/mol. The molecule has 0 saturated heterocycles. The number of hydrogen-bond donors (Lipinski definition) is 0. The van der Waals surface area contributed by atoms with Crippen molar-refractivity contribution in [2.45, 2.75) is 24.7 Å². The second kappa shape index (κ2) is 7.89. The molecule has 3 rings (SSSR count). The van der Waals surface area contributed by atoms with Crippen LogP contribution in [-0.4, -0.2) is 18.4 Å². The van der Waals surface area contributed by atoms with Gasteiger partial charge in [-0.15, -0.1) is 6.42 Å². The minimum atomic E-state index is -1.52. The Hall–Kier alpha value is -3.37. The molecule has 27 heavy (non-hydrogen) atoms. The molecule has 2 aromatic carbocycles. The molecule has 0 bridgehead atoms. The Balaban J connectivity index is 2.19. The van der Waals surface area contributed by atoms with E-state index in [0.717, 1.165) is 11.1 Å². The van der Waals surface area contributed by atoms with E-state index in [-0.39, 0.29) is 25.2 Å². The Kier molecular flexibility index (Phi) is 5.38. The van der Waals surface area contributed by atoms with E-state index in [1.807, 2.05) is 60.7 Å². The van der Waals surface area contributed by atoms with Crippen LogP contribution in [0, 0.1) is 29.1 Å². The molecule has 1 aliphatic carbocycles. The third-order valence-corrected chi connectivity index (χ3v) is 5.18. The summed E-state index contributed by atoms with van der Waals surface area (Å²) in [7, 11) is 0. The Labute approximate surface area is 158 Å². The third kappa shape index (κ3) is 3.35. The normalized spacial score (nSPS) is 24.4. The zero-order valence-corrected chi connectivity index (χ0v) is 14.8. The summed E-state index contributed by atoms with van der Waals surface area (Å²) in [5.41, 5.74) is 0.0179. The summed E-state index contributed by atoms with van der Waals surface area (Å²) in [6.45, 7) is -0.209. The number of rotatable bonds is 4. The second-order valence-electron chi connectivity index (χ2n) is 6.63. The number of terminal acetylenes is 1. The number of Topliss-reactive ketones (excluding diaryl/α,β-unsaturated/α-hetero) is 1. The van der Waals surface area contributed by atoms with Gasteiger partial charge in [0.05, 0.1) is 6.07 Å². The number of ether oxygens (including phenoxy) is 1. The van der Waals surface area contributed by atoms with Crippen molar-refractivity contribution in [3.05, 3.63) is 71.8 Å². The highest BCUT2D eigenvalue weighted by Gasteiger charge is 2.58. The van der Waals surface area contributed by atoms with Crippen molar-refractivity contribution >= 4 is 11.8 Å². The fraction of sp³-hybridized carbons (Fsp3) is 0.261. The smallest absolute Gasteiger partial charge is 0.328 e. The van der Waals surface area contributed by atoms with Crippen LogP contribution in [0.5, 0.6) is 0 Å². The van der Waals surface area contributed by atoms with Gasteiger partial charge in [-0.05, 0) is 11.1 Å². The second-order valence-corrected chi connectivity index (χ2v) is 6.63. The van der Waals surface area contributed by atoms with Crippen molar-refractivity contribution in [2.75, 3.05) is 6.61 Å². The first-order valence-electron chi connectivity index (χ1n) is 8.77. The molecule has 1 saturated carbocycles. The van der Waals surface area contributed by atoms with Crippen LogP contribution in [-0.2, 0) is 14.3 Å². The van der Waals surface area contributed by atoms with Crippen molar-refractivity contribution in [2.24, 2.45) is 5.41 Å². The van der Waals surface area contributed by atoms with Crippen LogP contribution in [0.1, 0.15) is 35.8 Å². The highest BCUT2D eigenvalue weighted by Crippen LogP contribution is 2.54. The number of carbonyl (C=O) groups is 2. The Bertz CT molecular complexity index is 855. The minimum Gasteiger partial charge on any atom is -0.451 e. The van der Waals surface area contributed by atoms with Gasteiger partial charge >= 0.3 is 5.97 Å². The zero-order valence-electron chi connectivity index (χ0n) is 14.8. The molecule has 0 radical (unpaired) electrons. The molecule has 1 fully saturated rings. The zero-order chi connectivity index (χ0) is 19.3. The van der Waals surface area contributed by atoms with Crippen LogP contribution >= 0.6 is 0 Å². The van der Waals surface area contributed by atoms with Crippen LogP contribution in [0.15, 0.2) is 60.7 Å². The highest BCUT2D eigenvalue weighted by atomic mass is 16.5. The van der Waals surface area contributed by atoms with Gasteiger partial charge in [-0.25, -0.2) is 0 Å². The van der Waals surface area contributed by atoms with Crippen molar-refractivity contribution < 1.29 is 14.3 Å². The standard InChI is InChI=1S/C23H19NO3/c1-2-13-27-22(26)23(16-24)20(17-9-5-3-6-10-17)14-19(25)15-21(23)18-11-7-4-8-12-18/h1,3-12,20-21H,13-15H2/t20-,21+,23?. The summed E-state index contributed by atoms with van der Waals surface area (Å²) in [5.74, 6) is 0.437. The summed E-state index contributed by atoms with van der Waals surface area (Å²) in [6.07, 6.45) is 5.47. The molecule has 0 aromatic heterocycles. The van der Waals surface area contributed by atoms with Gasteiger partial charge in [0.2, 0.25) is 0 Å². The maximum Gasteiger partial charge on any atom is 0.328 e. The lowest BCUT2D eigenvalue weighted by Crippen LogP contribution is -2.47. The van der Waals surface area contributed by atoms with Gasteiger partial charge in [-0.1, -0.05) is 66.6 Å². The molecule has 0 amide bonds. The molecule has 0 spiro atoms. The minimum absolute atomic E-state index is 0.0216. The first-order valence-corrected chi connectivity index (χ1v) is 8.77. The monoisotopic (exact) mass is 357 g/mol. The molecule has 3 atom stereocenters. The Morgan fingerprint density at radius 1 is 1.04 bits per heavy atom. The quantitative estimate of drug-likeness (QED) is 0.619. The maximum atomic E-state index is 13.1. The number of benzene rings is 2. The molecule has 1 unspecified atom stereocenters. The van der Waals surface area contributed by atoms with Gasteiger partial charge in [0.15, 0.2) is 12.0 Å². The summed E-state index contributed by atoms with van der Waals surface area (Å²) < 4.78 is 5.25. The lowest BCUT2D eigenvalue weighted by Gasteiger charge is -2.42. The van der Waals surface area contributed by atoms with Crippen molar-refractivity contribution in [1.82, 2.24) is 0 Å². The van der Waals surface area contributed by atoms with Gasteiger partial charge in [-0.2, -0.15) is 5.26 Å². The lowest BCUT2D eigenvalue weighted by atomic mass is 9.56. The van der Waals surface area contributed by atoms with E-state index in [2.05, 4.69) is 12.0 Å². The third-order valence-electron chi connectivity index (χ3n) is 5.18. The number of nitrogens with zero attached hydrogens (tertiary/aromatic N) is 1. The first-order chi connectivity index (χ1) is 13.1. The summed E-state index contributed by atoms with van der Waals surface area (Å²) in [6, 6.07) is 20.7. The molecule has 1 aliphatic rings. The first kappa shape index (κ1) is 18.4. The Morgan fingerprint density at radius 3 is 1.93 bits per heavy atom. The molecule has 2 aromatic rings. The fourth-order valence-electron chi connectivity index (χ4n) is 3.95. The number of hydrogen-bond acceptors (Lipinski definition) is 4. The predicted octanol–water partition coefficient (Wildman–Crippen LogP) is 3.60. The van der Waals surface area contributed by atoms with E-state index >= 15 is 0 Å². The number of carbonyl (C=O) groups excluding carboxylic acids is 2. The van der Waals surface area contributed by atoms with E-state index in [4.69, 9.17) is 11.2 Å². The van der Waals surface area contributed by atoms with Gasteiger partial charge in [0, 0.05) is 24.7 Å².